The molecule has 0 aliphatic carbocycles. The summed E-state index contributed by atoms with van der Waals surface area (Å²) in [6, 6.07) is 0. The third-order valence-electron chi connectivity index (χ3n) is 0.904. The zero-order chi connectivity index (χ0) is 8.85. The monoisotopic (exact) mass is 189 g/mol. The van der Waals surface area contributed by atoms with Gasteiger partial charge >= 0.3 is 0 Å². The van der Waals surface area contributed by atoms with Crippen molar-refractivity contribution in [1.82, 2.24) is 5.32 Å². The van der Waals surface area contributed by atoms with Gasteiger partial charge in [0.05, 0.1) is 4.91 Å². The van der Waals surface area contributed by atoms with E-state index in [9.17, 15) is 4.79 Å². The molecular formula is C7H11NOS2. The van der Waals surface area contributed by atoms with Gasteiger partial charge in [0, 0.05) is 0 Å². The number of thiocarbonyl (C=S) groups is 1. The molecule has 1 rings (SSSR count). The van der Waals surface area contributed by atoms with E-state index in [2.05, 4.69) is 5.32 Å². The minimum Gasteiger partial charge on any atom is -0.307 e. The van der Waals surface area contributed by atoms with Crippen LogP contribution in [0, 0.1) is 0 Å². The van der Waals surface area contributed by atoms with Gasteiger partial charge in [0.2, 0.25) is 0 Å². The van der Waals surface area contributed by atoms with Crippen molar-refractivity contribution in [3.63, 3.8) is 0 Å². The quantitative estimate of drug-likeness (QED) is 0.467. The largest absolute Gasteiger partial charge is 0.307 e. The normalized spacial score (nSPS) is 19.4. The molecule has 1 saturated heterocycles. The fourth-order valence-electron chi connectivity index (χ4n) is 0.516. The molecule has 0 unspecified atom stereocenters. The molecule has 0 aromatic rings. The average molecular weight is 189 g/mol. The second kappa shape index (κ2) is 5.32. The molecule has 1 heterocycles. The van der Waals surface area contributed by atoms with E-state index in [1.807, 2.05) is 20.8 Å². The second-order valence-corrected chi connectivity index (χ2v) is 3.22. The maximum Gasteiger partial charge on any atom is 0.263 e. The predicted molar refractivity (Wildman–Crippen MR) is 53.4 cm³/mol. The first-order chi connectivity index (χ1) is 5.24. The van der Waals surface area contributed by atoms with Gasteiger partial charge in [-0.05, 0) is 6.92 Å². The van der Waals surface area contributed by atoms with Gasteiger partial charge in [-0.3, -0.25) is 4.79 Å². The lowest BCUT2D eigenvalue weighted by Gasteiger charge is -1.82. The molecule has 0 radical (unpaired) electrons. The van der Waals surface area contributed by atoms with Gasteiger partial charge in [-0.25, -0.2) is 0 Å². The molecule has 0 bridgehead atoms. The van der Waals surface area contributed by atoms with Gasteiger partial charge in [0.25, 0.3) is 5.91 Å². The van der Waals surface area contributed by atoms with Crippen molar-refractivity contribution in [2.24, 2.45) is 0 Å². The summed E-state index contributed by atoms with van der Waals surface area (Å²) in [5.41, 5.74) is 0. The maximum absolute atomic E-state index is 10.7. The summed E-state index contributed by atoms with van der Waals surface area (Å²) < 4.78 is 0.549. The summed E-state index contributed by atoms with van der Waals surface area (Å²) >= 11 is 6.04. The summed E-state index contributed by atoms with van der Waals surface area (Å²) in [5, 5.41) is 2.50. The van der Waals surface area contributed by atoms with E-state index in [1.54, 1.807) is 6.08 Å². The highest BCUT2D eigenvalue weighted by Crippen LogP contribution is 2.22. The lowest BCUT2D eigenvalue weighted by atomic mass is 10.5. The lowest BCUT2D eigenvalue weighted by molar-refractivity contribution is -0.115. The number of rotatable bonds is 0. The van der Waals surface area contributed by atoms with Crippen LogP contribution < -0.4 is 5.32 Å². The van der Waals surface area contributed by atoms with E-state index in [1.165, 1.54) is 11.8 Å². The number of carbonyl (C=O) groups excluding carboxylic acids is 1. The molecule has 4 heteroatoms. The maximum atomic E-state index is 10.7. The van der Waals surface area contributed by atoms with Crippen molar-refractivity contribution in [2.75, 3.05) is 0 Å². The summed E-state index contributed by atoms with van der Waals surface area (Å²) in [7, 11) is 0. The molecule has 0 atom stereocenters. The van der Waals surface area contributed by atoms with Crippen molar-refractivity contribution in [2.45, 2.75) is 20.8 Å². The SMILES string of the molecule is C/C=C1/SC(=S)NC1=O.CC. The Bertz CT molecular complexity index is 199. The number of hydrogen-bond acceptors (Lipinski definition) is 3. The Morgan fingerprint density at radius 2 is 2.09 bits per heavy atom. The van der Waals surface area contributed by atoms with Gasteiger partial charge in [0.1, 0.15) is 4.32 Å². The first-order valence-corrected chi connectivity index (χ1v) is 4.66. The van der Waals surface area contributed by atoms with Crippen LogP contribution in [-0.4, -0.2) is 10.2 Å². The van der Waals surface area contributed by atoms with E-state index in [-0.39, 0.29) is 5.91 Å². The summed E-state index contributed by atoms with van der Waals surface area (Å²) in [6.45, 7) is 5.82. The first kappa shape index (κ1) is 10.7. The van der Waals surface area contributed by atoms with Crippen LogP contribution in [0.4, 0.5) is 0 Å². The zero-order valence-electron chi connectivity index (χ0n) is 6.80. The van der Waals surface area contributed by atoms with Gasteiger partial charge in [-0.1, -0.05) is 43.9 Å². The minimum atomic E-state index is -0.0764. The average Bonchev–Trinajstić information content (AvgIpc) is 2.33. The summed E-state index contributed by atoms with van der Waals surface area (Å²) in [6.07, 6.45) is 1.75. The van der Waals surface area contributed by atoms with Crippen LogP contribution in [0.25, 0.3) is 0 Å². The van der Waals surface area contributed by atoms with Crippen molar-refractivity contribution >= 4 is 34.2 Å². The fraction of sp³-hybridized carbons (Fsp3) is 0.429. The van der Waals surface area contributed by atoms with E-state index >= 15 is 0 Å². The molecule has 0 aromatic heterocycles. The smallest absolute Gasteiger partial charge is 0.263 e. The highest BCUT2D eigenvalue weighted by atomic mass is 32.2. The molecule has 0 saturated carbocycles. The number of nitrogens with one attached hydrogen (secondary N) is 1. The second-order valence-electron chi connectivity index (χ2n) is 1.50. The number of hydrogen-bond donors (Lipinski definition) is 1. The van der Waals surface area contributed by atoms with Crippen molar-refractivity contribution in [3.05, 3.63) is 11.0 Å². The Morgan fingerprint density at radius 1 is 1.55 bits per heavy atom. The van der Waals surface area contributed by atoms with E-state index in [0.717, 1.165) is 0 Å². The van der Waals surface area contributed by atoms with E-state index in [4.69, 9.17) is 12.2 Å². The molecular weight excluding hydrogens is 178 g/mol. The number of allylic oxidation sites excluding steroid dienone is 1. The molecule has 11 heavy (non-hydrogen) atoms. The van der Waals surface area contributed by atoms with Crippen LogP contribution in [0.2, 0.25) is 0 Å². The molecule has 0 spiro atoms. The first-order valence-electron chi connectivity index (χ1n) is 3.43. The molecule has 1 aliphatic heterocycles. The standard InChI is InChI=1S/C5H5NOS2.C2H6/c1-2-3-4(7)6-5(8)9-3;1-2/h2H,1H3,(H,6,7,8);1-2H3/b3-2+;. The fourth-order valence-corrected chi connectivity index (χ4v) is 1.48. The van der Waals surface area contributed by atoms with Crippen molar-refractivity contribution in [3.8, 4) is 0 Å². The molecule has 1 amide bonds. The van der Waals surface area contributed by atoms with E-state index < -0.39 is 0 Å². The topological polar surface area (TPSA) is 29.1 Å². The van der Waals surface area contributed by atoms with Crippen LogP contribution in [0.3, 0.4) is 0 Å². The Labute approximate surface area is 76.4 Å². The zero-order valence-corrected chi connectivity index (χ0v) is 8.44. The third kappa shape index (κ3) is 3.03. The van der Waals surface area contributed by atoms with Crippen molar-refractivity contribution < 1.29 is 4.79 Å². The minimum absolute atomic E-state index is 0.0764. The number of thioether (sulfide) groups is 1. The van der Waals surface area contributed by atoms with E-state index in [0.29, 0.717) is 9.23 Å². The predicted octanol–water partition coefficient (Wildman–Crippen LogP) is 2.06. The molecule has 2 nitrogen and oxygen atoms in total. The Morgan fingerprint density at radius 3 is 2.27 bits per heavy atom. The van der Waals surface area contributed by atoms with Gasteiger partial charge < -0.3 is 5.32 Å². The van der Waals surface area contributed by atoms with Crippen LogP contribution in [-0.2, 0) is 4.79 Å². The highest BCUT2D eigenvalue weighted by molar-refractivity contribution is 8.26. The van der Waals surface area contributed by atoms with Crippen LogP contribution in [0.5, 0.6) is 0 Å². The van der Waals surface area contributed by atoms with Gasteiger partial charge in [0.15, 0.2) is 0 Å². The lowest BCUT2D eigenvalue weighted by Crippen LogP contribution is -2.17. The van der Waals surface area contributed by atoms with Crippen molar-refractivity contribution in [1.29, 1.82) is 0 Å². The summed E-state index contributed by atoms with van der Waals surface area (Å²) in [5.74, 6) is -0.0764. The Balaban J connectivity index is 0.000000461. The summed E-state index contributed by atoms with van der Waals surface area (Å²) in [4.78, 5) is 11.4. The van der Waals surface area contributed by atoms with Crippen LogP contribution in [0.15, 0.2) is 11.0 Å². The Hall–Kier alpha value is -0.350. The highest BCUT2D eigenvalue weighted by Gasteiger charge is 2.20. The van der Waals surface area contributed by atoms with Crippen LogP contribution >= 0.6 is 24.0 Å². The van der Waals surface area contributed by atoms with Crippen LogP contribution in [0.1, 0.15) is 20.8 Å². The van der Waals surface area contributed by atoms with Gasteiger partial charge in [-0.15, -0.1) is 0 Å². The molecule has 1 fully saturated rings. The molecule has 1 aliphatic rings. The molecule has 62 valence electrons. The number of amides is 1. The molecule has 1 N–H and O–H groups in total. The number of carbonyl (C=O) groups is 1. The Kier molecular flexibility index (Phi) is 5.15. The van der Waals surface area contributed by atoms with Gasteiger partial charge in [-0.2, -0.15) is 0 Å². The third-order valence-corrected chi connectivity index (χ3v) is 2.18. The molecule has 0 aromatic carbocycles.